The van der Waals surface area contributed by atoms with Gasteiger partial charge in [-0.05, 0) is 18.2 Å². The van der Waals surface area contributed by atoms with Gasteiger partial charge in [0, 0.05) is 16.2 Å². The minimum Gasteiger partial charge on any atom is -0.408 e. The van der Waals surface area contributed by atoms with E-state index in [1.807, 2.05) is 0 Å². The summed E-state index contributed by atoms with van der Waals surface area (Å²) in [6, 6.07) is 3.84. The lowest BCUT2D eigenvalue weighted by Gasteiger charge is -2.05. The van der Waals surface area contributed by atoms with E-state index in [1.165, 1.54) is 22.9 Å². The second kappa shape index (κ2) is 5.35. The van der Waals surface area contributed by atoms with E-state index in [9.17, 15) is 18.0 Å². The zero-order valence-corrected chi connectivity index (χ0v) is 10.3. The molecule has 0 spiro atoms. The predicted octanol–water partition coefficient (Wildman–Crippen LogP) is 1.72. The summed E-state index contributed by atoms with van der Waals surface area (Å²) < 4.78 is 26.9. The average molecular weight is 298 g/mol. The lowest BCUT2D eigenvalue weighted by Crippen LogP contribution is -2.29. The smallest absolute Gasteiger partial charge is 0.408 e. The molecule has 1 rings (SSSR count). The van der Waals surface area contributed by atoms with Crippen LogP contribution >= 0.6 is 22.3 Å². The molecule has 0 aromatic heterocycles. The molecule has 0 aliphatic carbocycles. The van der Waals surface area contributed by atoms with Gasteiger partial charge in [-0.3, -0.25) is 4.79 Å². The van der Waals surface area contributed by atoms with Crippen molar-refractivity contribution >= 4 is 43.9 Å². The van der Waals surface area contributed by atoms with Gasteiger partial charge in [-0.1, -0.05) is 11.6 Å². The Labute approximate surface area is 106 Å². The van der Waals surface area contributed by atoms with E-state index in [0.717, 1.165) is 0 Å². The van der Waals surface area contributed by atoms with Gasteiger partial charge in [0.15, 0.2) is 5.75 Å². The first-order valence-corrected chi connectivity index (χ1v) is 6.69. The van der Waals surface area contributed by atoms with Crippen LogP contribution in [-0.2, 0) is 9.24 Å². The first-order chi connectivity index (χ1) is 7.81. The van der Waals surface area contributed by atoms with Gasteiger partial charge in [0.05, 0.1) is 5.02 Å². The molecule has 1 N–H and O–H groups in total. The number of carbonyl (C=O) groups excluding carboxylic acids is 2. The van der Waals surface area contributed by atoms with Gasteiger partial charge in [0.25, 0.3) is 0 Å². The monoisotopic (exact) mass is 297 g/mol. The number of nitrogens with one attached hydrogen (secondary N) is 1. The molecule has 9 heteroatoms. The van der Waals surface area contributed by atoms with Crippen LogP contribution < -0.4 is 9.46 Å². The average Bonchev–Trinajstić information content (AvgIpc) is 2.18. The van der Waals surface area contributed by atoms with E-state index in [1.54, 1.807) is 0 Å². The molecule has 0 unspecified atom stereocenters. The molecular formula is C8H5Cl2NO5S. The number of amides is 1. The molecule has 0 saturated heterocycles. The summed E-state index contributed by atoms with van der Waals surface area (Å²) in [5, 5.41) is -0.0169. The van der Waals surface area contributed by atoms with Crippen molar-refractivity contribution in [3.8, 4) is 5.75 Å². The second-order valence-corrected chi connectivity index (χ2v) is 5.44. The molecule has 1 aromatic rings. The maximum absolute atomic E-state index is 11.0. The molecule has 1 amide bonds. The van der Waals surface area contributed by atoms with Crippen LogP contribution in [0.1, 0.15) is 10.4 Å². The van der Waals surface area contributed by atoms with Crippen LogP contribution in [0.25, 0.3) is 0 Å². The SMILES string of the molecule is O=Cc1ccc(OC(=O)NS(=O)(=O)Cl)c(Cl)c1. The molecule has 0 bridgehead atoms. The molecule has 92 valence electrons. The highest BCUT2D eigenvalue weighted by Crippen LogP contribution is 2.25. The van der Waals surface area contributed by atoms with E-state index in [4.69, 9.17) is 22.3 Å². The van der Waals surface area contributed by atoms with Gasteiger partial charge >= 0.3 is 15.3 Å². The van der Waals surface area contributed by atoms with Crippen LogP contribution in [0.5, 0.6) is 5.75 Å². The maximum atomic E-state index is 11.0. The minimum atomic E-state index is -4.22. The van der Waals surface area contributed by atoms with Crippen LogP contribution in [0, 0.1) is 0 Å². The van der Waals surface area contributed by atoms with E-state index >= 15 is 0 Å². The first-order valence-electron chi connectivity index (χ1n) is 4.01. The lowest BCUT2D eigenvalue weighted by molar-refractivity contribution is 0.112. The molecular weight excluding hydrogens is 293 g/mol. The highest BCUT2D eigenvalue weighted by Gasteiger charge is 2.14. The van der Waals surface area contributed by atoms with Gasteiger partial charge < -0.3 is 4.74 Å². The molecule has 6 nitrogen and oxygen atoms in total. The molecule has 1 aromatic carbocycles. The van der Waals surface area contributed by atoms with Gasteiger partial charge in [-0.25, -0.2) is 9.52 Å². The zero-order valence-electron chi connectivity index (χ0n) is 8.01. The van der Waals surface area contributed by atoms with E-state index in [-0.39, 0.29) is 16.3 Å². The summed E-state index contributed by atoms with van der Waals surface area (Å²) in [5.41, 5.74) is 0.285. The number of rotatable bonds is 3. The van der Waals surface area contributed by atoms with Crippen LogP contribution in [0.4, 0.5) is 4.79 Å². The molecule has 0 heterocycles. The normalized spacial score (nSPS) is 10.7. The Bertz CT molecular complexity index is 557. The number of carbonyl (C=O) groups is 2. The van der Waals surface area contributed by atoms with Crippen LogP contribution in [0.3, 0.4) is 0 Å². The lowest BCUT2D eigenvalue weighted by atomic mass is 10.2. The topological polar surface area (TPSA) is 89.5 Å². The summed E-state index contributed by atoms with van der Waals surface area (Å²) in [4.78, 5) is 21.4. The number of aldehydes is 1. The van der Waals surface area contributed by atoms with Crippen molar-refractivity contribution in [3.63, 3.8) is 0 Å². The van der Waals surface area contributed by atoms with Gasteiger partial charge in [0.1, 0.15) is 6.29 Å². The largest absolute Gasteiger partial charge is 0.427 e. The van der Waals surface area contributed by atoms with Crippen molar-refractivity contribution in [2.24, 2.45) is 0 Å². The quantitative estimate of drug-likeness (QED) is 0.678. The van der Waals surface area contributed by atoms with Gasteiger partial charge in [-0.15, -0.1) is 0 Å². The van der Waals surface area contributed by atoms with Gasteiger partial charge in [-0.2, -0.15) is 8.42 Å². The summed E-state index contributed by atoms with van der Waals surface area (Å²) in [6.07, 6.45) is -0.750. The van der Waals surface area contributed by atoms with Crippen molar-refractivity contribution in [1.82, 2.24) is 4.72 Å². The van der Waals surface area contributed by atoms with Crippen LogP contribution in [-0.4, -0.2) is 20.8 Å². The summed E-state index contributed by atoms with van der Waals surface area (Å²) >= 11 is 5.68. The Hall–Kier alpha value is -1.31. The Kier molecular flexibility index (Phi) is 4.33. The van der Waals surface area contributed by atoms with Crippen molar-refractivity contribution < 1.29 is 22.7 Å². The van der Waals surface area contributed by atoms with Crippen molar-refractivity contribution in [2.75, 3.05) is 0 Å². The molecule has 0 atom stereocenters. The fourth-order valence-corrected chi connectivity index (χ4v) is 1.55. The van der Waals surface area contributed by atoms with Crippen molar-refractivity contribution in [2.45, 2.75) is 0 Å². The molecule has 0 aliphatic heterocycles. The number of ether oxygens (including phenoxy) is 1. The number of halogens is 2. The van der Waals surface area contributed by atoms with Crippen LogP contribution in [0.15, 0.2) is 18.2 Å². The van der Waals surface area contributed by atoms with Gasteiger partial charge in [0.2, 0.25) is 0 Å². The predicted molar refractivity (Wildman–Crippen MR) is 60.8 cm³/mol. The zero-order chi connectivity index (χ0) is 13.1. The molecule has 0 fully saturated rings. The Morgan fingerprint density at radius 3 is 2.53 bits per heavy atom. The minimum absolute atomic E-state index is 0.0169. The third kappa shape index (κ3) is 4.59. The number of benzene rings is 1. The second-order valence-electron chi connectivity index (χ2n) is 2.74. The summed E-state index contributed by atoms with van der Waals surface area (Å²) in [6.45, 7) is 0. The summed E-state index contributed by atoms with van der Waals surface area (Å²) in [5.74, 6) is -0.102. The molecule has 17 heavy (non-hydrogen) atoms. The molecule has 0 aliphatic rings. The third-order valence-corrected chi connectivity index (χ3v) is 2.44. The number of hydrogen-bond donors (Lipinski definition) is 1. The Morgan fingerprint density at radius 1 is 1.41 bits per heavy atom. The maximum Gasteiger partial charge on any atom is 0.427 e. The standard InChI is InChI=1S/C8H5Cl2NO5S/c9-6-3-5(4-12)1-2-7(6)16-8(13)11-17(10,14)15/h1-4H,(H,11,13). The first kappa shape index (κ1) is 13.8. The Morgan fingerprint density at radius 2 is 2.06 bits per heavy atom. The highest BCUT2D eigenvalue weighted by molar-refractivity contribution is 8.12. The van der Waals surface area contributed by atoms with Crippen LogP contribution in [0.2, 0.25) is 5.02 Å². The van der Waals surface area contributed by atoms with Crippen molar-refractivity contribution in [3.05, 3.63) is 28.8 Å². The third-order valence-electron chi connectivity index (χ3n) is 1.50. The molecule has 0 radical (unpaired) electrons. The fourth-order valence-electron chi connectivity index (χ4n) is 0.893. The molecule has 0 saturated carbocycles. The van der Waals surface area contributed by atoms with E-state index in [0.29, 0.717) is 6.29 Å². The Balaban J connectivity index is 2.82. The van der Waals surface area contributed by atoms with Crippen molar-refractivity contribution in [1.29, 1.82) is 0 Å². The fraction of sp³-hybridized carbons (Fsp3) is 0. The summed E-state index contributed by atoms with van der Waals surface area (Å²) in [7, 11) is 0.542. The van der Waals surface area contributed by atoms with E-state index in [2.05, 4.69) is 4.74 Å². The number of hydrogen-bond acceptors (Lipinski definition) is 5. The highest BCUT2D eigenvalue weighted by atomic mass is 35.7. The van der Waals surface area contributed by atoms with E-state index < -0.39 is 15.3 Å².